The number of aryl methyl sites for hydroxylation is 1. The van der Waals surface area contributed by atoms with E-state index in [9.17, 15) is 9.59 Å². The molecule has 7 nitrogen and oxygen atoms in total. The summed E-state index contributed by atoms with van der Waals surface area (Å²) in [5, 5.41) is 7.49. The van der Waals surface area contributed by atoms with Crippen LogP contribution in [0.5, 0.6) is 11.5 Å². The average molecular weight is 417 g/mol. The summed E-state index contributed by atoms with van der Waals surface area (Å²) in [7, 11) is 0. The number of carbonyl (C=O) groups is 1. The molecule has 2 heterocycles. The molecule has 158 valence electrons. The van der Waals surface area contributed by atoms with Gasteiger partial charge in [0.25, 0.3) is 5.56 Å². The first-order chi connectivity index (χ1) is 15.2. The number of nitrogens with one attached hydrogen (secondary N) is 1. The Kier molecular flexibility index (Phi) is 5.16. The summed E-state index contributed by atoms with van der Waals surface area (Å²) in [6.07, 6.45) is 2.95. The highest BCUT2D eigenvalue weighted by Crippen LogP contribution is 2.33. The molecule has 1 atom stereocenters. The number of carbonyl (C=O) groups excluding carboxylic acids is 1. The zero-order chi connectivity index (χ0) is 21.2. The Bertz CT molecular complexity index is 1190. The van der Waals surface area contributed by atoms with Crippen molar-refractivity contribution in [1.29, 1.82) is 0 Å². The monoisotopic (exact) mass is 417 g/mol. The molecule has 31 heavy (non-hydrogen) atoms. The molecule has 1 N–H and O–H groups in total. The van der Waals surface area contributed by atoms with Crippen molar-refractivity contribution in [3.63, 3.8) is 0 Å². The molecule has 0 saturated carbocycles. The Morgan fingerprint density at radius 1 is 1.06 bits per heavy atom. The molecule has 0 radical (unpaired) electrons. The molecule has 7 heteroatoms. The Labute approximate surface area is 179 Å². The molecule has 5 rings (SSSR count). The summed E-state index contributed by atoms with van der Waals surface area (Å²) < 4.78 is 12.4. The van der Waals surface area contributed by atoms with E-state index >= 15 is 0 Å². The van der Waals surface area contributed by atoms with Crippen LogP contribution in [-0.4, -0.2) is 28.9 Å². The SMILES string of the molecule is O=C(Cn1nc(-c2ccc3c(c2)OCCO3)ccc1=O)N[C@@H]1CCCc2ccccc21. The molecule has 1 amide bonds. The summed E-state index contributed by atoms with van der Waals surface area (Å²) in [5.74, 6) is 1.11. The molecule has 0 spiro atoms. The number of aromatic nitrogens is 2. The molecule has 2 aliphatic rings. The van der Waals surface area contributed by atoms with Crippen molar-refractivity contribution in [1.82, 2.24) is 15.1 Å². The minimum atomic E-state index is -0.319. The Balaban J connectivity index is 1.34. The number of nitrogens with zero attached hydrogens (tertiary/aromatic N) is 2. The van der Waals surface area contributed by atoms with Crippen LogP contribution in [0.1, 0.15) is 30.0 Å². The second kappa shape index (κ2) is 8.26. The number of benzene rings is 2. The highest BCUT2D eigenvalue weighted by Gasteiger charge is 2.22. The van der Waals surface area contributed by atoms with Crippen LogP contribution < -0.4 is 20.3 Å². The van der Waals surface area contributed by atoms with Gasteiger partial charge in [0.1, 0.15) is 19.8 Å². The first-order valence-corrected chi connectivity index (χ1v) is 10.5. The Morgan fingerprint density at radius 2 is 1.90 bits per heavy atom. The quantitative estimate of drug-likeness (QED) is 0.706. The van der Waals surface area contributed by atoms with Gasteiger partial charge in [0.05, 0.1) is 11.7 Å². The minimum absolute atomic E-state index is 0.0332. The van der Waals surface area contributed by atoms with Crippen LogP contribution in [0.15, 0.2) is 59.4 Å². The van der Waals surface area contributed by atoms with Crippen LogP contribution >= 0.6 is 0 Å². The third-order valence-electron chi connectivity index (χ3n) is 5.70. The number of amides is 1. The van der Waals surface area contributed by atoms with E-state index in [-0.39, 0.29) is 24.1 Å². The van der Waals surface area contributed by atoms with Gasteiger partial charge in [0, 0.05) is 11.6 Å². The number of hydrogen-bond donors (Lipinski definition) is 1. The topological polar surface area (TPSA) is 82.5 Å². The Hall–Kier alpha value is -3.61. The molecular weight excluding hydrogens is 394 g/mol. The van der Waals surface area contributed by atoms with Gasteiger partial charge in [0.15, 0.2) is 11.5 Å². The largest absolute Gasteiger partial charge is 0.486 e. The van der Waals surface area contributed by atoms with Gasteiger partial charge in [-0.15, -0.1) is 0 Å². The first kappa shape index (κ1) is 19.4. The van der Waals surface area contributed by atoms with Crippen LogP contribution in [-0.2, 0) is 17.8 Å². The minimum Gasteiger partial charge on any atom is -0.486 e. The van der Waals surface area contributed by atoms with Gasteiger partial charge < -0.3 is 14.8 Å². The van der Waals surface area contributed by atoms with Crippen LogP contribution in [0.3, 0.4) is 0 Å². The highest BCUT2D eigenvalue weighted by atomic mass is 16.6. The number of fused-ring (bicyclic) bond motifs is 2. The van der Waals surface area contributed by atoms with Gasteiger partial charge in [-0.1, -0.05) is 24.3 Å². The lowest BCUT2D eigenvalue weighted by molar-refractivity contribution is -0.122. The Morgan fingerprint density at radius 3 is 2.81 bits per heavy atom. The summed E-state index contributed by atoms with van der Waals surface area (Å²) in [5.41, 5.74) is 3.50. The fraction of sp³-hybridized carbons (Fsp3) is 0.292. The standard InChI is InChI=1S/C24H23N3O4/c28-23(25-20-7-3-5-16-4-1-2-6-18(16)20)15-27-24(29)11-9-19(26-27)17-8-10-21-22(14-17)31-13-12-30-21/h1-2,4,6,8-11,14,20H,3,5,7,12-13,15H2,(H,25,28)/t20-/m1/s1. The number of rotatable bonds is 4. The molecule has 1 aromatic heterocycles. The van der Waals surface area contributed by atoms with Crippen LogP contribution in [0.2, 0.25) is 0 Å². The van der Waals surface area contributed by atoms with Gasteiger partial charge in [-0.2, -0.15) is 5.10 Å². The van der Waals surface area contributed by atoms with Gasteiger partial charge >= 0.3 is 0 Å². The lowest BCUT2D eigenvalue weighted by atomic mass is 9.88. The van der Waals surface area contributed by atoms with E-state index in [2.05, 4.69) is 22.5 Å². The fourth-order valence-corrected chi connectivity index (χ4v) is 4.20. The van der Waals surface area contributed by atoms with E-state index in [1.54, 1.807) is 6.07 Å². The van der Waals surface area contributed by atoms with Crippen LogP contribution in [0.4, 0.5) is 0 Å². The number of ether oxygens (including phenoxy) is 2. The van der Waals surface area contributed by atoms with Gasteiger partial charge in [-0.05, 0) is 54.7 Å². The first-order valence-electron chi connectivity index (χ1n) is 10.5. The van der Waals surface area contributed by atoms with Crippen molar-refractivity contribution in [2.75, 3.05) is 13.2 Å². The molecule has 0 fully saturated rings. The van der Waals surface area contributed by atoms with Crippen LogP contribution in [0, 0.1) is 0 Å². The van der Waals surface area contributed by atoms with E-state index in [0.29, 0.717) is 30.4 Å². The molecule has 3 aromatic rings. The maximum atomic E-state index is 12.7. The van der Waals surface area contributed by atoms with E-state index in [1.165, 1.54) is 16.3 Å². The van der Waals surface area contributed by atoms with Crippen molar-refractivity contribution < 1.29 is 14.3 Å². The van der Waals surface area contributed by atoms with E-state index in [4.69, 9.17) is 9.47 Å². The number of hydrogen-bond acceptors (Lipinski definition) is 5. The van der Waals surface area contributed by atoms with E-state index in [0.717, 1.165) is 30.4 Å². The third-order valence-corrected chi connectivity index (χ3v) is 5.70. The van der Waals surface area contributed by atoms with Crippen molar-refractivity contribution in [3.8, 4) is 22.8 Å². The summed E-state index contributed by atoms with van der Waals surface area (Å²) in [6, 6.07) is 16.8. The second-order valence-electron chi connectivity index (χ2n) is 7.78. The van der Waals surface area contributed by atoms with E-state index < -0.39 is 0 Å². The smallest absolute Gasteiger partial charge is 0.267 e. The van der Waals surface area contributed by atoms with Crippen molar-refractivity contribution in [2.45, 2.75) is 31.8 Å². The van der Waals surface area contributed by atoms with Gasteiger partial charge in [-0.25, -0.2) is 4.68 Å². The molecule has 2 aromatic carbocycles. The predicted molar refractivity (Wildman–Crippen MR) is 115 cm³/mol. The molecular formula is C24H23N3O4. The van der Waals surface area contributed by atoms with Crippen molar-refractivity contribution in [2.24, 2.45) is 0 Å². The summed E-state index contributed by atoms with van der Waals surface area (Å²) >= 11 is 0. The third kappa shape index (κ3) is 4.03. The molecule has 0 saturated heterocycles. The van der Waals surface area contributed by atoms with Crippen molar-refractivity contribution in [3.05, 3.63) is 76.1 Å². The zero-order valence-corrected chi connectivity index (χ0v) is 17.0. The second-order valence-corrected chi connectivity index (χ2v) is 7.78. The molecule has 1 aliphatic heterocycles. The molecule has 0 unspecified atom stereocenters. The summed E-state index contributed by atoms with van der Waals surface area (Å²) in [6.45, 7) is 0.889. The fourth-order valence-electron chi connectivity index (χ4n) is 4.20. The van der Waals surface area contributed by atoms with E-state index in [1.807, 2.05) is 30.3 Å². The molecule has 1 aliphatic carbocycles. The average Bonchev–Trinajstić information content (AvgIpc) is 2.80. The van der Waals surface area contributed by atoms with Crippen LogP contribution in [0.25, 0.3) is 11.3 Å². The normalized spacial score (nSPS) is 17.0. The predicted octanol–water partition coefficient (Wildman–Crippen LogP) is 2.88. The highest BCUT2D eigenvalue weighted by molar-refractivity contribution is 5.76. The van der Waals surface area contributed by atoms with Gasteiger partial charge in [0.2, 0.25) is 5.91 Å². The van der Waals surface area contributed by atoms with Crippen molar-refractivity contribution >= 4 is 5.91 Å². The molecule has 0 bridgehead atoms. The summed E-state index contributed by atoms with van der Waals surface area (Å²) in [4.78, 5) is 25.1. The maximum Gasteiger partial charge on any atom is 0.267 e. The van der Waals surface area contributed by atoms with Gasteiger partial charge in [-0.3, -0.25) is 9.59 Å². The lowest BCUT2D eigenvalue weighted by Crippen LogP contribution is -2.36. The maximum absolute atomic E-state index is 12.7. The lowest BCUT2D eigenvalue weighted by Gasteiger charge is -2.26. The zero-order valence-electron chi connectivity index (χ0n) is 17.0.